The number of amides is 4. The van der Waals surface area contributed by atoms with Crippen LogP contribution >= 0.6 is 22.6 Å². The molecule has 2 aromatic rings. The van der Waals surface area contributed by atoms with Crippen LogP contribution in [0.4, 0.5) is 16.2 Å². The Morgan fingerprint density at radius 3 is 2.50 bits per heavy atom. The van der Waals surface area contributed by atoms with Gasteiger partial charge in [-0.05, 0) is 59.0 Å². The van der Waals surface area contributed by atoms with Crippen LogP contribution in [0.2, 0.25) is 0 Å². The van der Waals surface area contributed by atoms with E-state index in [1.54, 1.807) is 41.3 Å². The topological polar surface area (TPSA) is 90.5 Å². The molecule has 0 saturated carbocycles. The molecule has 8 heteroatoms. The molecule has 0 aromatic heterocycles. The van der Waals surface area contributed by atoms with Crippen molar-refractivity contribution in [3.63, 3.8) is 0 Å². The Balaban J connectivity index is 1.52. The molecule has 1 heterocycles. The second-order valence-corrected chi connectivity index (χ2v) is 6.80. The summed E-state index contributed by atoms with van der Waals surface area (Å²) in [5.74, 6) is -0.614. The van der Waals surface area contributed by atoms with Gasteiger partial charge in [0.05, 0.1) is 12.1 Å². The van der Waals surface area contributed by atoms with Crippen molar-refractivity contribution >= 4 is 51.8 Å². The largest absolute Gasteiger partial charge is 0.343 e. The smallest absolute Gasteiger partial charge is 0.321 e. The highest BCUT2D eigenvalue weighted by molar-refractivity contribution is 14.1. The van der Waals surface area contributed by atoms with Crippen LogP contribution in [-0.2, 0) is 4.79 Å². The van der Waals surface area contributed by atoms with Gasteiger partial charge in [0.15, 0.2) is 0 Å². The minimum absolute atomic E-state index is 0.125. The summed E-state index contributed by atoms with van der Waals surface area (Å²) in [4.78, 5) is 37.4. The van der Waals surface area contributed by atoms with Crippen molar-refractivity contribution in [2.45, 2.75) is 0 Å². The van der Waals surface area contributed by atoms with E-state index in [1.165, 1.54) is 0 Å². The van der Waals surface area contributed by atoms with Gasteiger partial charge in [-0.3, -0.25) is 14.5 Å². The predicted octanol–water partition coefficient (Wildman–Crippen LogP) is 2.19. The molecule has 0 spiro atoms. The van der Waals surface area contributed by atoms with E-state index in [9.17, 15) is 14.4 Å². The van der Waals surface area contributed by atoms with E-state index < -0.39 is 0 Å². The maximum Gasteiger partial charge on any atom is 0.321 e. The number of anilines is 2. The lowest BCUT2D eigenvalue weighted by molar-refractivity contribution is -0.115. The lowest BCUT2D eigenvalue weighted by Crippen LogP contribution is -2.33. The molecule has 0 radical (unpaired) electrons. The number of benzene rings is 2. The first-order valence-electron chi connectivity index (χ1n) is 8.02. The third-order valence-corrected chi connectivity index (χ3v) is 4.79. The summed E-state index contributed by atoms with van der Waals surface area (Å²) in [5, 5.41) is 8.06. The Morgan fingerprint density at radius 1 is 1.12 bits per heavy atom. The van der Waals surface area contributed by atoms with Crippen molar-refractivity contribution in [2.75, 3.05) is 29.9 Å². The van der Waals surface area contributed by atoms with Gasteiger partial charge in [0.1, 0.15) is 0 Å². The minimum atomic E-state index is -0.323. The van der Waals surface area contributed by atoms with Gasteiger partial charge in [-0.15, -0.1) is 0 Å². The molecule has 2 aromatic carbocycles. The fourth-order valence-corrected chi connectivity index (χ4v) is 3.18. The summed E-state index contributed by atoms with van der Waals surface area (Å²) in [7, 11) is 0. The molecule has 7 nitrogen and oxygen atoms in total. The number of carbonyl (C=O) groups excluding carboxylic acids is 3. The second-order valence-electron chi connectivity index (χ2n) is 5.64. The molecular weight excluding hydrogens is 447 g/mol. The number of halogens is 1. The molecule has 3 N–H and O–H groups in total. The Hall–Kier alpha value is -2.62. The summed E-state index contributed by atoms with van der Waals surface area (Å²) in [5.41, 5.74) is 1.90. The van der Waals surface area contributed by atoms with Crippen molar-refractivity contribution in [1.82, 2.24) is 10.6 Å². The second kappa shape index (κ2) is 8.17. The number of urea groups is 1. The first kappa shape index (κ1) is 18.2. The molecule has 26 heavy (non-hydrogen) atoms. The number of hydrogen-bond acceptors (Lipinski definition) is 3. The summed E-state index contributed by atoms with van der Waals surface area (Å²) < 4.78 is 0.824. The van der Waals surface area contributed by atoms with Crippen molar-refractivity contribution in [1.29, 1.82) is 0 Å². The maximum atomic E-state index is 12.1. The van der Waals surface area contributed by atoms with Crippen LogP contribution in [0.1, 0.15) is 10.4 Å². The normalized spacial score (nSPS) is 13.3. The van der Waals surface area contributed by atoms with Gasteiger partial charge >= 0.3 is 6.03 Å². The van der Waals surface area contributed by atoms with E-state index in [1.807, 2.05) is 12.1 Å². The zero-order valence-corrected chi connectivity index (χ0v) is 15.9. The molecule has 0 unspecified atom stereocenters. The van der Waals surface area contributed by atoms with Gasteiger partial charge in [-0.1, -0.05) is 12.1 Å². The van der Waals surface area contributed by atoms with Crippen LogP contribution in [0.5, 0.6) is 0 Å². The van der Waals surface area contributed by atoms with E-state index in [0.29, 0.717) is 24.3 Å². The molecule has 0 aliphatic carbocycles. The Kier molecular flexibility index (Phi) is 5.71. The number of hydrogen-bond donors (Lipinski definition) is 3. The van der Waals surface area contributed by atoms with Gasteiger partial charge in [-0.25, -0.2) is 4.79 Å². The molecule has 1 fully saturated rings. The average Bonchev–Trinajstić information content (AvgIpc) is 3.07. The molecule has 0 bridgehead atoms. The Morgan fingerprint density at radius 2 is 1.85 bits per heavy atom. The first-order valence-corrected chi connectivity index (χ1v) is 9.10. The number of nitrogens with one attached hydrogen (secondary N) is 3. The van der Waals surface area contributed by atoms with Crippen LogP contribution in [0.15, 0.2) is 48.5 Å². The van der Waals surface area contributed by atoms with Crippen LogP contribution in [0, 0.1) is 3.57 Å². The molecule has 0 atom stereocenters. The lowest BCUT2D eigenvalue weighted by atomic mass is 10.2. The monoisotopic (exact) mass is 464 g/mol. The Labute approximate surface area is 164 Å². The SMILES string of the molecule is O=C(CNC(=O)c1ccccc1I)Nc1ccc(N2CCNC2=O)cc1. The molecule has 1 aliphatic heterocycles. The standard InChI is InChI=1S/C18H17IN4O3/c19-15-4-2-1-3-14(15)17(25)21-11-16(24)22-12-5-7-13(8-6-12)23-10-9-20-18(23)26/h1-8H,9-11H2,(H,20,26)(H,21,25)(H,22,24). The van der Waals surface area contributed by atoms with E-state index in [2.05, 4.69) is 38.5 Å². The van der Waals surface area contributed by atoms with Crippen LogP contribution in [0.25, 0.3) is 0 Å². The molecular formula is C18H17IN4O3. The van der Waals surface area contributed by atoms with E-state index >= 15 is 0 Å². The molecule has 1 saturated heterocycles. The zero-order chi connectivity index (χ0) is 18.5. The molecule has 1 aliphatic rings. The number of rotatable bonds is 5. The van der Waals surface area contributed by atoms with Gasteiger partial charge in [0.2, 0.25) is 5.91 Å². The van der Waals surface area contributed by atoms with E-state index in [4.69, 9.17) is 0 Å². The fraction of sp³-hybridized carbons (Fsp3) is 0.167. The van der Waals surface area contributed by atoms with Gasteiger partial charge in [-0.2, -0.15) is 0 Å². The maximum absolute atomic E-state index is 12.1. The third kappa shape index (κ3) is 4.31. The Bertz CT molecular complexity index is 839. The number of carbonyl (C=O) groups is 3. The molecule has 134 valence electrons. The quantitative estimate of drug-likeness (QED) is 0.593. The van der Waals surface area contributed by atoms with Crippen molar-refractivity contribution in [2.24, 2.45) is 0 Å². The van der Waals surface area contributed by atoms with Crippen LogP contribution in [0.3, 0.4) is 0 Å². The fourth-order valence-electron chi connectivity index (χ4n) is 2.55. The van der Waals surface area contributed by atoms with Crippen molar-refractivity contribution < 1.29 is 14.4 Å². The van der Waals surface area contributed by atoms with E-state index in [0.717, 1.165) is 9.26 Å². The predicted molar refractivity (Wildman–Crippen MR) is 107 cm³/mol. The summed E-state index contributed by atoms with van der Waals surface area (Å²) >= 11 is 2.08. The first-order chi connectivity index (χ1) is 12.5. The van der Waals surface area contributed by atoms with Crippen LogP contribution in [-0.4, -0.2) is 37.5 Å². The highest BCUT2D eigenvalue weighted by Crippen LogP contribution is 2.19. The lowest BCUT2D eigenvalue weighted by Gasteiger charge is -2.14. The minimum Gasteiger partial charge on any atom is -0.343 e. The van der Waals surface area contributed by atoms with Gasteiger partial charge in [0, 0.05) is 28.0 Å². The third-order valence-electron chi connectivity index (χ3n) is 3.85. The highest BCUT2D eigenvalue weighted by atomic mass is 127. The van der Waals surface area contributed by atoms with Gasteiger partial charge in [0.25, 0.3) is 5.91 Å². The average molecular weight is 464 g/mol. The summed E-state index contributed by atoms with van der Waals surface area (Å²) in [6.07, 6.45) is 0. The van der Waals surface area contributed by atoms with Crippen molar-refractivity contribution in [3.8, 4) is 0 Å². The summed E-state index contributed by atoms with van der Waals surface area (Å²) in [6, 6.07) is 14.0. The zero-order valence-electron chi connectivity index (χ0n) is 13.8. The van der Waals surface area contributed by atoms with Crippen molar-refractivity contribution in [3.05, 3.63) is 57.7 Å². The van der Waals surface area contributed by atoms with Gasteiger partial charge < -0.3 is 16.0 Å². The number of nitrogens with zero attached hydrogens (tertiary/aromatic N) is 1. The summed E-state index contributed by atoms with van der Waals surface area (Å²) in [6.45, 7) is 1.12. The molecule has 4 amide bonds. The van der Waals surface area contributed by atoms with E-state index in [-0.39, 0.29) is 24.4 Å². The molecule has 3 rings (SSSR count). The highest BCUT2D eigenvalue weighted by Gasteiger charge is 2.20. The van der Waals surface area contributed by atoms with Crippen LogP contribution < -0.4 is 20.9 Å².